The van der Waals surface area contributed by atoms with Crippen LogP contribution in [-0.2, 0) is 11.2 Å². The predicted molar refractivity (Wildman–Crippen MR) is 113 cm³/mol. The minimum absolute atomic E-state index is 0.0730. The number of piperidine rings is 1. The van der Waals surface area contributed by atoms with Gasteiger partial charge in [-0.2, -0.15) is 8.78 Å². The van der Waals surface area contributed by atoms with Crippen molar-refractivity contribution < 1.29 is 27.8 Å². The van der Waals surface area contributed by atoms with Gasteiger partial charge in [-0.1, -0.05) is 0 Å². The lowest BCUT2D eigenvalue weighted by Crippen LogP contribution is -2.38. The summed E-state index contributed by atoms with van der Waals surface area (Å²) in [5, 5.41) is 2.69. The summed E-state index contributed by atoms with van der Waals surface area (Å²) in [4.78, 5) is 30.5. The van der Waals surface area contributed by atoms with Gasteiger partial charge in [-0.3, -0.25) is 14.2 Å². The van der Waals surface area contributed by atoms with E-state index in [2.05, 4.69) is 10.3 Å². The van der Waals surface area contributed by atoms with Crippen LogP contribution in [0.2, 0.25) is 0 Å². The average molecular weight is 450 g/mol. The second-order valence-corrected chi connectivity index (χ2v) is 7.36. The highest BCUT2D eigenvalue weighted by Crippen LogP contribution is 2.28. The van der Waals surface area contributed by atoms with E-state index in [0.29, 0.717) is 23.7 Å². The summed E-state index contributed by atoms with van der Waals surface area (Å²) in [6.45, 7) is 1.04. The van der Waals surface area contributed by atoms with Crippen LogP contribution >= 0.6 is 0 Å². The molecule has 0 bridgehead atoms. The van der Waals surface area contributed by atoms with Crippen LogP contribution in [0.3, 0.4) is 0 Å². The number of carbonyl (C=O) groups is 2. The number of hydrogen-bond donors (Lipinski definition) is 1. The lowest BCUT2D eigenvalue weighted by Gasteiger charge is -2.26. The molecule has 0 saturated carbocycles. The molecule has 2 heterocycles. The molecule has 2 aromatic rings. The van der Waals surface area contributed by atoms with Crippen molar-refractivity contribution >= 4 is 11.8 Å². The third-order valence-electron chi connectivity index (χ3n) is 5.16. The standard InChI is InChI=1S/C22H28F2N4O4/c1-2-31-18-14-16(21(30)26-9-8-19-25-10-13-28(19)22(23)24)6-7-17(18)32-15-20(29)27-11-4-3-5-12-27/h6-7,10,13-14,22H,2-5,8-9,11-12,15H2,1H3,(H,26,30). The number of carbonyl (C=O) groups excluding carboxylic acids is 2. The zero-order valence-electron chi connectivity index (χ0n) is 18.1. The molecule has 2 amide bonds. The van der Waals surface area contributed by atoms with Crippen LogP contribution < -0.4 is 14.8 Å². The maximum Gasteiger partial charge on any atom is 0.319 e. The average Bonchev–Trinajstić information content (AvgIpc) is 3.27. The first-order valence-corrected chi connectivity index (χ1v) is 10.7. The minimum atomic E-state index is -2.67. The molecule has 1 N–H and O–H groups in total. The van der Waals surface area contributed by atoms with Crippen molar-refractivity contribution in [3.63, 3.8) is 0 Å². The van der Waals surface area contributed by atoms with Crippen LogP contribution in [0.25, 0.3) is 0 Å². The van der Waals surface area contributed by atoms with Crippen LogP contribution in [-0.4, -0.2) is 59.1 Å². The van der Waals surface area contributed by atoms with E-state index in [0.717, 1.165) is 36.9 Å². The number of nitrogens with one attached hydrogen (secondary N) is 1. The number of benzene rings is 1. The highest BCUT2D eigenvalue weighted by molar-refractivity contribution is 5.94. The monoisotopic (exact) mass is 450 g/mol. The molecule has 0 spiro atoms. The van der Waals surface area contributed by atoms with Gasteiger partial charge in [-0.05, 0) is 44.4 Å². The van der Waals surface area contributed by atoms with E-state index >= 15 is 0 Å². The van der Waals surface area contributed by atoms with Gasteiger partial charge in [0.15, 0.2) is 18.1 Å². The van der Waals surface area contributed by atoms with E-state index in [4.69, 9.17) is 9.47 Å². The summed E-state index contributed by atoms with van der Waals surface area (Å²) in [6, 6.07) is 4.70. The Kier molecular flexibility index (Phi) is 8.41. The fourth-order valence-electron chi connectivity index (χ4n) is 3.52. The molecular weight excluding hydrogens is 422 g/mol. The number of aromatic nitrogens is 2. The van der Waals surface area contributed by atoms with Crippen molar-refractivity contribution in [3.8, 4) is 11.5 Å². The van der Waals surface area contributed by atoms with E-state index in [9.17, 15) is 18.4 Å². The van der Waals surface area contributed by atoms with E-state index < -0.39 is 6.55 Å². The van der Waals surface area contributed by atoms with Gasteiger partial charge < -0.3 is 19.7 Å². The number of ether oxygens (including phenoxy) is 2. The van der Waals surface area contributed by atoms with Gasteiger partial charge in [0.1, 0.15) is 5.82 Å². The first-order valence-electron chi connectivity index (χ1n) is 10.7. The molecule has 0 aliphatic carbocycles. The zero-order chi connectivity index (χ0) is 22.9. The number of rotatable bonds is 10. The third kappa shape index (κ3) is 6.18. The van der Waals surface area contributed by atoms with Crippen LogP contribution in [0.15, 0.2) is 30.6 Å². The molecule has 174 valence electrons. The van der Waals surface area contributed by atoms with Gasteiger partial charge in [0.25, 0.3) is 11.8 Å². The second-order valence-electron chi connectivity index (χ2n) is 7.36. The molecule has 0 atom stereocenters. The lowest BCUT2D eigenvalue weighted by molar-refractivity contribution is -0.134. The second kappa shape index (κ2) is 11.4. The molecule has 1 fully saturated rings. The molecule has 1 aliphatic heterocycles. The number of imidazole rings is 1. The van der Waals surface area contributed by atoms with Crippen LogP contribution in [0, 0.1) is 0 Å². The van der Waals surface area contributed by atoms with Gasteiger partial charge in [-0.25, -0.2) is 4.98 Å². The number of likely N-dealkylation sites (tertiary alicyclic amines) is 1. The molecule has 0 radical (unpaired) electrons. The van der Waals surface area contributed by atoms with Crippen LogP contribution in [0.5, 0.6) is 11.5 Å². The Labute approximate surface area is 185 Å². The summed E-state index contributed by atoms with van der Waals surface area (Å²) >= 11 is 0. The molecule has 10 heteroatoms. The number of alkyl halides is 2. The Morgan fingerprint density at radius 2 is 1.94 bits per heavy atom. The normalized spacial score (nSPS) is 13.8. The highest BCUT2D eigenvalue weighted by Gasteiger charge is 2.18. The summed E-state index contributed by atoms with van der Waals surface area (Å²) in [5.41, 5.74) is 0.334. The van der Waals surface area contributed by atoms with E-state index in [1.54, 1.807) is 30.0 Å². The summed E-state index contributed by atoms with van der Waals surface area (Å²) < 4.78 is 37.8. The van der Waals surface area contributed by atoms with Crippen molar-refractivity contribution in [3.05, 3.63) is 42.0 Å². The van der Waals surface area contributed by atoms with Gasteiger partial charge in [0, 0.05) is 44.0 Å². The Balaban J connectivity index is 1.57. The van der Waals surface area contributed by atoms with Crippen LogP contribution in [0.1, 0.15) is 48.9 Å². The van der Waals surface area contributed by atoms with E-state index in [-0.39, 0.29) is 37.2 Å². The van der Waals surface area contributed by atoms with Gasteiger partial charge in [0.2, 0.25) is 0 Å². The van der Waals surface area contributed by atoms with E-state index in [1.165, 1.54) is 12.4 Å². The largest absolute Gasteiger partial charge is 0.490 e. The Hall–Kier alpha value is -3.17. The Morgan fingerprint density at radius 1 is 1.16 bits per heavy atom. The summed E-state index contributed by atoms with van der Waals surface area (Å²) in [5.74, 6) is 0.484. The number of nitrogens with zero attached hydrogens (tertiary/aromatic N) is 3. The number of hydrogen-bond acceptors (Lipinski definition) is 5. The topological polar surface area (TPSA) is 85.7 Å². The van der Waals surface area contributed by atoms with Crippen molar-refractivity contribution in [1.29, 1.82) is 0 Å². The molecule has 32 heavy (non-hydrogen) atoms. The predicted octanol–water partition coefficient (Wildman–Crippen LogP) is 3.04. The Morgan fingerprint density at radius 3 is 2.66 bits per heavy atom. The molecule has 1 saturated heterocycles. The maximum atomic E-state index is 12.9. The van der Waals surface area contributed by atoms with Crippen molar-refractivity contribution in [1.82, 2.24) is 19.8 Å². The van der Waals surface area contributed by atoms with Crippen molar-refractivity contribution in [2.75, 3.05) is 32.8 Å². The maximum absolute atomic E-state index is 12.9. The lowest BCUT2D eigenvalue weighted by atomic mass is 10.1. The quantitative estimate of drug-likeness (QED) is 0.601. The third-order valence-corrected chi connectivity index (χ3v) is 5.16. The number of halogens is 2. The molecule has 0 unspecified atom stereocenters. The highest BCUT2D eigenvalue weighted by atomic mass is 19.3. The van der Waals surface area contributed by atoms with Gasteiger partial charge in [-0.15, -0.1) is 0 Å². The fourth-order valence-corrected chi connectivity index (χ4v) is 3.52. The first kappa shape index (κ1) is 23.5. The summed E-state index contributed by atoms with van der Waals surface area (Å²) in [6.07, 6.45) is 5.81. The molecule has 8 nitrogen and oxygen atoms in total. The van der Waals surface area contributed by atoms with Gasteiger partial charge >= 0.3 is 6.55 Å². The number of amides is 2. The zero-order valence-corrected chi connectivity index (χ0v) is 18.1. The van der Waals surface area contributed by atoms with Crippen molar-refractivity contribution in [2.45, 2.75) is 39.2 Å². The minimum Gasteiger partial charge on any atom is -0.490 e. The van der Waals surface area contributed by atoms with Crippen molar-refractivity contribution in [2.24, 2.45) is 0 Å². The SMILES string of the molecule is CCOc1cc(C(=O)NCCc2nccn2C(F)F)ccc1OCC(=O)N1CCCCC1. The Bertz CT molecular complexity index is 913. The molecule has 1 aromatic heterocycles. The summed E-state index contributed by atoms with van der Waals surface area (Å²) in [7, 11) is 0. The molecule has 3 rings (SSSR count). The smallest absolute Gasteiger partial charge is 0.319 e. The van der Waals surface area contributed by atoms with Gasteiger partial charge in [0.05, 0.1) is 6.61 Å². The van der Waals surface area contributed by atoms with E-state index in [1.807, 2.05) is 0 Å². The molecule has 1 aromatic carbocycles. The first-order chi connectivity index (χ1) is 15.5. The molecule has 1 aliphatic rings. The van der Waals surface area contributed by atoms with Crippen LogP contribution in [0.4, 0.5) is 8.78 Å². The molecular formula is C22H28F2N4O4. The fraction of sp³-hybridized carbons (Fsp3) is 0.500.